The highest BCUT2D eigenvalue weighted by molar-refractivity contribution is 7.87. The number of hydrogen-bond donors (Lipinski definition) is 1. The molecule has 0 saturated heterocycles. The Morgan fingerprint density at radius 2 is 1.21 bits per heavy atom. The maximum absolute atomic E-state index is 12.1. The SMILES string of the molecule is C=CCCCCCCCCCOC(=O)CC(C(=O)OCCCCCCCCCCC)S(=O)(=O)O. The smallest absolute Gasteiger partial charge is 0.327 e. The normalized spacial score (nSPS) is 12.3. The zero-order chi connectivity index (χ0) is 25.5. The lowest BCUT2D eigenvalue weighted by molar-refractivity contribution is -0.150. The van der Waals surface area contributed by atoms with Crippen molar-refractivity contribution >= 4 is 22.1 Å². The highest BCUT2D eigenvalue weighted by Crippen LogP contribution is 2.13. The molecule has 0 aromatic heterocycles. The van der Waals surface area contributed by atoms with Crippen molar-refractivity contribution in [1.29, 1.82) is 0 Å². The molecule has 0 rings (SSSR count). The van der Waals surface area contributed by atoms with Crippen LogP contribution in [-0.4, -0.2) is 43.4 Å². The fraction of sp³-hybridized carbons (Fsp3) is 0.846. The Morgan fingerprint density at radius 1 is 0.765 bits per heavy atom. The molecule has 200 valence electrons. The van der Waals surface area contributed by atoms with E-state index in [2.05, 4.69) is 13.5 Å². The Bertz CT molecular complexity index is 631. The largest absolute Gasteiger partial charge is 0.466 e. The first-order valence-electron chi connectivity index (χ1n) is 13.2. The van der Waals surface area contributed by atoms with Crippen LogP contribution in [0.2, 0.25) is 0 Å². The summed E-state index contributed by atoms with van der Waals surface area (Å²) >= 11 is 0. The summed E-state index contributed by atoms with van der Waals surface area (Å²) < 4.78 is 42.6. The standard InChI is InChI=1S/C26H48O7S/c1-3-5-7-9-11-13-15-17-19-21-32-25(27)23-24(34(29,30)31)26(28)33-22-20-18-16-14-12-10-8-6-4-2/h3,24H,1,4-23H2,2H3,(H,29,30,31). The van der Waals surface area contributed by atoms with Gasteiger partial charge in [-0.1, -0.05) is 96.5 Å². The van der Waals surface area contributed by atoms with Crippen LogP contribution in [0.5, 0.6) is 0 Å². The Kier molecular flexibility index (Phi) is 21.2. The monoisotopic (exact) mass is 504 g/mol. The highest BCUT2D eigenvalue weighted by Gasteiger charge is 2.35. The molecular weight excluding hydrogens is 456 g/mol. The Labute approximate surface area is 207 Å². The second-order valence-corrected chi connectivity index (χ2v) is 10.6. The van der Waals surface area contributed by atoms with E-state index in [0.717, 1.165) is 51.4 Å². The van der Waals surface area contributed by atoms with Gasteiger partial charge in [-0.2, -0.15) is 8.42 Å². The van der Waals surface area contributed by atoms with Crippen LogP contribution in [0.25, 0.3) is 0 Å². The van der Waals surface area contributed by atoms with Crippen molar-refractivity contribution in [3.8, 4) is 0 Å². The maximum atomic E-state index is 12.1. The van der Waals surface area contributed by atoms with Crippen molar-refractivity contribution in [1.82, 2.24) is 0 Å². The number of carbonyl (C=O) groups excluding carboxylic acids is 2. The molecule has 1 unspecified atom stereocenters. The van der Waals surface area contributed by atoms with Gasteiger partial charge in [-0.25, -0.2) is 0 Å². The topological polar surface area (TPSA) is 107 Å². The van der Waals surface area contributed by atoms with E-state index >= 15 is 0 Å². The van der Waals surface area contributed by atoms with Gasteiger partial charge in [0.2, 0.25) is 0 Å². The summed E-state index contributed by atoms with van der Waals surface area (Å²) in [5.74, 6) is -1.93. The molecule has 0 aliphatic carbocycles. The van der Waals surface area contributed by atoms with Crippen molar-refractivity contribution in [2.75, 3.05) is 13.2 Å². The first-order chi connectivity index (χ1) is 16.3. The van der Waals surface area contributed by atoms with Crippen molar-refractivity contribution in [2.45, 2.75) is 128 Å². The van der Waals surface area contributed by atoms with E-state index in [-0.39, 0.29) is 13.2 Å². The number of unbranched alkanes of at least 4 members (excludes halogenated alkanes) is 15. The Morgan fingerprint density at radius 3 is 1.68 bits per heavy atom. The van der Waals surface area contributed by atoms with E-state index in [4.69, 9.17) is 9.47 Å². The fourth-order valence-electron chi connectivity index (χ4n) is 3.66. The summed E-state index contributed by atoms with van der Waals surface area (Å²) in [6, 6.07) is 0. The average molecular weight is 505 g/mol. The molecule has 1 N–H and O–H groups in total. The van der Waals surface area contributed by atoms with Crippen LogP contribution >= 0.6 is 0 Å². The number of hydrogen-bond acceptors (Lipinski definition) is 6. The van der Waals surface area contributed by atoms with Gasteiger partial charge in [-0.15, -0.1) is 6.58 Å². The van der Waals surface area contributed by atoms with Crippen LogP contribution < -0.4 is 0 Å². The lowest BCUT2D eigenvalue weighted by Crippen LogP contribution is -2.34. The summed E-state index contributed by atoms with van der Waals surface area (Å²) in [6.07, 6.45) is 19.4. The molecule has 34 heavy (non-hydrogen) atoms. The van der Waals surface area contributed by atoms with E-state index < -0.39 is 33.7 Å². The predicted octanol–water partition coefficient (Wildman–Crippen LogP) is 6.56. The van der Waals surface area contributed by atoms with Crippen LogP contribution in [0.4, 0.5) is 0 Å². The van der Waals surface area contributed by atoms with Crippen molar-refractivity contribution in [3.63, 3.8) is 0 Å². The molecule has 8 heteroatoms. The van der Waals surface area contributed by atoms with Gasteiger partial charge in [0.15, 0.2) is 5.25 Å². The second kappa shape index (κ2) is 22.1. The van der Waals surface area contributed by atoms with Crippen molar-refractivity contribution in [3.05, 3.63) is 12.7 Å². The number of allylic oxidation sites excluding steroid dienone is 1. The summed E-state index contributed by atoms with van der Waals surface area (Å²) in [6.45, 7) is 6.13. The minimum atomic E-state index is -4.76. The van der Waals surface area contributed by atoms with Gasteiger partial charge in [-0.05, 0) is 25.7 Å². The van der Waals surface area contributed by atoms with E-state index in [1.165, 1.54) is 44.9 Å². The molecule has 0 aliphatic rings. The van der Waals surface area contributed by atoms with E-state index in [0.29, 0.717) is 12.8 Å². The van der Waals surface area contributed by atoms with Gasteiger partial charge in [-0.3, -0.25) is 14.1 Å². The summed E-state index contributed by atoms with van der Waals surface area (Å²) in [5, 5.41) is -1.94. The van der Waals surface area contributed by atoms with Crippen LogP contribution in [0.1, 0.15) is 122 Å². The second-order valence-electron chi connectivity index (χ2n) is 8.98. The summed E-state index contributed by atoms with van der Waals surface area (Å²) in [4.78, 5) is 24.1. The zero-order valence-electron chi connectivity index (χ0n) is 21.3. The number of esters is 2. The van der Waals surface area contributed by atoms with Gasteiger partial charge in [0, 0.05) is 0 Å². The van der Waals surface area contributed by atoms with Gasteiger partial charge in [0.25, 0.3) is 10.1 Å². The fourth-order valence-corrected chi connectivity index (χ4v) is 4.32. The first kappa shape index (κ1) is 32.6. The molecule has 0 amide bonds. The molecular formula is C26H48O7S. The molecule has 0 aromatic rings. The Hall–Kier alpha value is -1.41. The highest BCUT2D eigenvalue weighted by atomic mass is 32.2. The first-order valence-corrected chi connectivity index (χ1v) is 14.7. The quantitative estimate of drug-likeness (QED) is 0.0686. The van der Waals surface area contributed by atoms with Crippen LogP contribution in [-0.2, 0) is 29.2 Å². The maximum Gasteiger partial charge on any atom is 0.327 e. The van der Waals surface area contributed by atoms with Crippen molar-refractivity contribution in [2.24, 2.45) is 0 Å². The van der Waals surface area contributed by atoms with Crippen LogP contribution in [0.15, 0.2) is 12.7 Å². The molecule has 0 radical (unpaired) electrons. The molecule has 0 aliphatic heterocycles. The van der Waals surface area contributed by atoms with E-state index in [1.54, 1.807) is 0 Å². The van der Waals surface area contributed by atoms with Crippen LogP contribution in [0.3, 0.4) is 0 Å². The zero-order valence-corrected chi connectivity index (χ0v) is 22.1. The molecule has 0 aromatic carbocycles. The molecule has 0 saturated carbocycles. The minimum Gasteiger partial charge on any atom is -0.466 e. The molecule has 0 spiro atoms. The predicted molar refractivity (Wildman–Crippen MR) is 136 cm³/mol. The van der Waals surface area contributed by atoms with E-state index in [1.807, 2.05) is 6.08 Å². The average Bonchev–Trinajstić information content (AvgIpc) is 2.79. The van der Waals surface area contributed by atoms with Crippen LogP contribution in [0, 0.1) is 0 Å². The third-order valence-electron chi connectivity index (χ3n) is 5.78. The van der Waals surface area contributed by atoms with Gasteiger partial charge < -0.3 is 9.47 Å². The number of carbonyl (C=O) groups is 2. The summed E-state index contributed by atoms with van der Waals surface area (Å²) in [7, 11) is -4.76. The number of rotatable bonds is 24. The van der Waals surface area contributed by atoms with Crippen molar-refractivity contribution < 1.29 is 32.0 Å². The third kappa shape index (κ3) is 20.0. The molecule has 0 fully saturated rings. The molecule has 0 heterocycles. The minimum absolute atomic E-state index is 0.0727. The van der Waals surface area contributed by atoms with E-state index in [9.17, 15) is 22.6 Å². The summed E-state index contributed by atoms with van der Waals surface area (Å²) in [5.41, 5.74) is 0. The van der Waals surface area contributed by atoms with Gasteiger partial charge in [0.1, 0.15) is 0 Å². The number of ether oxygens (including phenoxy) is 2. The Balaban J connectivity index is 3.98. The molecule has 0 bridgehead atoms. The molecule has 7 nitrogen and oxygen atoms in total. The van der Waals surface area contributed by atoms with Gasteiger partial charge >= 0.3 is 11.9 Å². The lowest BCUT2D eigenvalue weighted by Gasteiger charge is -2.13. The van der Waals surface area contributed by atoms with Gasteiger partial charge in [0.05, 0.1) is 19.6 Å². The molecule has 1 atom stereocenters. The lowest BCUT2D eigenvalue weighted by atomic mass is 10.1. The third-order valence-corrected chi connectivity index (χ3v) is 6.86.